The van der Waals surface area contributed by atoms with Crippen molar-refractivity contribution in [2.24, 2.45) is 10.8 Å². The smallest absolute Gasteiger partial charge is 0.339 e. The van der Waals surface area contributed by atoms with Crippen LogP contribution >= 0.6 is 11.6 Å². The van der Waals surface area contributed by atoms with Gasteiger partial charge in [-0.1, -0.05) is 63.6 Å². The Morgan fingerprint density at radius 2 is 1.38 bits per heavy atom. The van der Waals surface area contributed by atoms with Crippen molar-refractivity contribution in [3.63, 3.8) is 0 Å². The van der Waals surface area contributed by atoms with Gasteiger partial charge in [-0.3, -0.25) is 9.59 Å². The van der Waals surface area contributed by atoms with Crippen LogP contribution in [-0.4, -0.2) is 20.0 Å². The van der Waals surface area contributed by atoms with Gasteiger partial charge in [-0.25, -0.2) is 0 Å². The summed E-state index contributed by atoms with van der Waals surface area (Å²) in [6, 6.07) is 12.5. The van der Waals surface area contributed by atoms with E-state index in [1.54, 1.807) is 30.3 Å². The zero-order valence-electron chi connectivity index (χ0n) is 21.3. The normalized spacial score (nSPS) is 21.3. The molecule has 0 radical (unpaired) electrons. The molecule has 0 saturated heterocycles. The van der Waals surface area contributed by atoms with E-state index in [4.69, 9.17) is 20.5 Å². The molecule has 3 aliphatic rings. The Labute approximate surface area is 222 Å². The maximum Gasteiger partial charge on any atom is 0.339 e. The van der Waals surface area contributed by atoms with Crippen LogP contribution in [0.15, 0.2) is 76.1 Å². The molecule has 0 N–H and O–H groups in total. The molecule has 1 heterocycles. The van der Waals surface area contributed by atoms with Gasteiger partial charge in [0.1, 0.15) is 16.4 Å². The molecule has 37 heavy (non-hydrogen) atoms. The van der Waals surface area contributed by atoms with Crippen molar-refractivity contribution in [3.05, 3.63) is 81.8 Å². The van der Waals surface area contributed by atoms with E-state index in [2.05, 4.69) is 0 Å². The number of halogens is 1. The maximum absolute atomic E-state index is 13.4. The average molecular weight is 541 g/mol. The van der Waals surface area contributed by atoms with Gasteiger partial charge in [-0.2, -0.15) is 8.42 Å². The largest absolute Gasteiger partial charge is 0.465 e. The Morgan fingerprint density at radius 3 is 1.89 bits per heavy atom. The van der Waals surface area contributed by atoms with Crippen LogP contribution in [0.5, 0.6) is 5.75 Å². The van der Waals surface area contributed by atoms with Gasteiger partial charge < -0.3 is 8.92 Å². The quantitative estimate of drug-likeness (QED) is 0.411. The summed E-state index contributed by atoms with van der Waals surface area (Å²) in [6.45, 7) is 8.12. The van der Waals surface area contributed by atoms with Crippen LogP contribution < -0.4 is 4.18 Å². The Hall–Kier alpha value is -2.90. The number of hydrogen-bond acceptors (Lipinski definition) is 6. The lowest BCUT2D eigenvalue weighted by atomic mass is 9.65. The minimum Gasteiger partial charge on any atom is -0.465 e. The molecule has 0 unspecified atom stereocenters. The van der Waals surface area contributed by atoms with Crippen LogP contribution in [0.25, 0.3) is 0 Å². The molecule has 0 saturated carbocycles. The fourth-order valence-electron chi connectivity index (χ4n) is 5.53. The molecule has 8 heteroatoms. The number of carbonyl (C=O) groups is 2. The highest BCUT2D eigenvalue weighted by Gasteiger charge is 2.47. The number of Topliss-reactive ketones (excluding diaryl/α,β-unsaturated/α-hetero) is 2. The summed E-state index contributed by atoms with van der Waals surface area (Å²) in [5.74, 6) is 0.462. The molecule has 0 aromatic heterocycles. The van der Waals surface area contributed by atoms with Crippen LogP contribution in [0, 0.1) is 10.8 Å². The van der Waals surface area contributed by atoms with Gasteiger partial charge in [0.15, 0.2) is 17.3 Å². The van der Waals surface area contributed by atoms with Gasteiger partial charge in [0.2, 0.25) is 0 Å². The standard InChI is InChI=1S/C29H29ClO6S/c1-28(2)13-20(31)26-23(15-28)35-24-16-29(3,4)14-21(32)27(24)25(26)17-10-11-22(19(30)12-17)36-37(33,34)18-8-6-5-7-9-18/h5-12,25H,13-16H2,1-4H3. The predicted molar refractivity (Wildman–Crippen MR) is 140 cm³/mol. The van der Waals surface area contributed by atoms with E-state index in [1.807, 2.05) is 27.7 Å². The van der Waals surface area contributed by atoms with Gasteiger partial charge >= 0.3 is 10.1 Å². The highest BCUT2D eigenvalue weighted by Crippen LogP contribution is 2.53. The molecular weight excluding hydrogens is 512 g/mol. The molecule has 5 rings (SSSR count). The van der Waals surface area contributed by atoms with Crippen molar-refractivity contribution in [1.82, 2.24) is 0 Å². The monoisotopic (exact) mass is 540 g/mol. The van der Waals surface area contributed by atoms with Crippen molar-refractivity contribution >= 4 is 33.3 Å². The van der Waals surface area contributed by atoms with E-state index in [1.165, 1.54) is 18.2 Å². The summed E-state index contributed by atoms with van der Waals surface area (Å²) in [5, 5.41) is 0.0694. The summed E-state index contributed by atoms with van der Waals surface area (Å²) in [5.41, 5.74) is 1.10. The second-order valence-corrected chi connectivity index (χ2v) is 13.6. The number of ether oxygens (including phenoxy) is 1. The van der Waals surface area contributed by atoms with E-state index in [9.17, 15) is 18.0 Å². The fraction of sp³-hybridized carbons (Fsp3) is 0.379. The van der Waals surface area contributed by atoms with Gasteiger partial charge in [0.25, 0.3) is 0 Å². The number of carbonyl (C=O) groups excluding carboxylic acids is 2. The highest BCUT2D eigenvalue weighted by molar-refractivity contribution is 7.87. The number of rotatable bonds is 4. The van der Waals surface area contributed by atoms with Crippen molar-refractivity contribution < 1.29 is 26.9 Å². The van der Waals surface area contributed by atoms with Crippen LogP contribution in [0.1, 0.15) is 64.9 Å². The lowest BCUT2D eigenvalue weighted by Crippen LogP contribution is -2.37. The third-order valence-corrected chi connectivity index (χ3v) is 8.65. The molecular formula is C29H29ClO6S. The first-order valence-corrected chi connectivity index (χ1v) is 14.0. The van der Waals surface area contributed by atoms with Gasteiger partial charge in [-0.15, -0.1) is 0 Å². The topological polar surface area (TPSA) is 86.7 Å². The van der Waals surface area contributed by atoms with E-state index in [-0.39, 0.29) is 38.1 Å². The third kappa shape index (κ3) is 4.87. The highest BCUT2D eigenvalue weighted by atomic mass is 35.5. The van der Waals surface area contributed by atoms with Crippen molar-refractivity contribution in [3.8, 4) is 5.75 Å². The fourth-order valence-corrected chi connectivity index (χ4v) is 6.77. The van der Waals surface area contributed by atoms with Crippen LogP contribution in [0.3, 0.4) is 0 Å². The molecule has 1 aliphatic heterocycles. The first-order valence-electron chi connectivity index (χ1n) is 12.3. The second kappa shape index (κ2) is 8.84. The lowest BCUT2D eigenvalue weighted by molar-refractivity contribution is -0.120. The van der Waals surface area contributed by atoms with Gasteiger partial charge in [0, 0.05) is 42.7 Å². The molecule has 0 atom stereocenters. The van der Waals surface area contributed by atoms with E-state index in [0.717, 1.165) is 0 Å². The second-order valence-electron chi connectivity index (χ2n) is 11.6. The predicted octanol–water partition coefficient (Wildman–Crippen LogP) is 6.51. The van der Waals surface area contributed by atoms with Crippen LogP contribution in [0.2, 0.25) is 5.02 Å². The lowest BCUT2D eigenvalue weighted by Gasteiger charge is -2.42. The first-order chi connectivity index (χ1) is 17.3. The first kappa shape index (κ1) is 25.7. The molecule has 2 aliphatic carbocycles. The summed E-state index contributed by atoms with van der Waals surface area (Å²) in [7, 11) is -4.09. The zero-order chi connectivity index (χ0) is 26.8. The number of benzene rings is 2. The SMILES string of the molecule is CC1(C)CC(=O)C2=C(C1)OC1=C(C(=O)CC(C)(C)C1)C2c1ccc(OS(=O)(=O)c2ccccc2)c(Cl)c1. The van der Waals surface area contributed by atoms with E-state index < -0.39 is 16.0 Å². The molecule has 0 bridgehead atoms. The summed E-state index contributed by atoms with van der Waals surface area (Å²) >= 11 is 6.53. The average Bonchev–Trinajstić information content (AvgIpc) is 2.78. The molecule has 0 amide bonds. The van der Waals surface area contributed by atoms with Gasteiger partial charge in [0.05, 0.1) is 5.02 Å². The molecule has 0 fully saturated rings. The van der Waals surface area contributed by atoms with Crippen molar-refractivity contribution in [1.29, 1.82) is 0 Å². The van der Waals surface area contributed by atoms with Gasteiger partial charge in [-0.05, 0) is 40.7 Å². The van der Waals surface area contributed by atoms with Crippen LogP contribution in [0.4, 0.5) is 0 Å². The Bertz CT molecular complexity index is 1430. The molecule has 2 aromatic carbocycles. The number of allylic oxidation sites excluding steroid dienone is 4. The summed E-state index contributed by atoms with van der Waals surface area (Å²) in [6.07, 6.45) is 1.86. The zero-order valence-corrected chi connectivity index (χ0v) is 22.8. The summed E-state index contributed by atoms with van der Waals surface area (Å²) in [4.78, 5) is 26.9. The minimum atomic E-state index is -4.09. The Morgan fingerprint density at radius 1 is 0.838 bits per heavy atom. The Balaban J connectivity index is 1.58. The summed E-state index contributed by atoms with van der Waals surface area (Å²) < 4.78 is 37.1. The number of ketones is 2. The third-order valence-electron chi connectivity index (χ3n) is 7.10. The molecule has 194 valence electrons. The molecule has 2 aromatic rings. The van der Waals surface area contributed by atoms with Crippen LogP contribution in [-0.2, 0) is 24.4 Å². The number of hydrogen-bond donors (Lipinski definition) is 0. The minimum absolute atomic E-state index is 0.00926. The molecule has 6 nitrogen and oxygen atoms in total. The van der Waals surface area contributed by atoms with Crippen molar-refractivity contribution in [2.75, 3.05) is 0 Å². The maximum atomic E-state index is 13.4. The van der Waals surface area contributed by atoms with Crippen molar-refractivity contribution in [2.45, 2.75) is 64.2 Å². The molecule has 0 spiro atoms. The Kier molecular flexibility index (Phi) is 6.15. The van der Waals surface area contributed by atoms with E-state index in [0.29, 0.717) is 53.9 Å². The van der Waals surface area contributed by atoms with E-state index >= 15 is 0 Å².